The molecule has 1 saturated heterocycles. The second-order valence-electron chi connectivity index (χ2n) is 19.2. The summed E-state index contributed by atoms with van der Waals surface area (Å²) in [4.78, 5) is 40.0. The van der Waals surface area contributed by atoms with Crippen LogP contribution in [0.1, 0.15) is 151 Å². The molecular weight excluding hydrogens is 867 g/mol. The average Bonchev–Trinajstić information content (AvgIpc) is 3.86. The highest BCUT2D eigenvalue weighted by Crippen LogP contribution is 2.43. The lowest BCUT2D eigenvalue weighted by Gasteiger charge is -2.29. The molecule has 0 atom stereocenters. The molecule has 2 aliphatic carbocycles. The Bertz CT molecular complexity index is 2550. The van der Waals surface area contributed by atoms with Gasteiger partial charge in [0, 0.05) is 50.6 Å². The number of phenols is 2. The van der Waals surface area contributed by atoms with E-state index in [9.17, 15) is 29.7 Å². The number of piperidine rings is 1. The number of Topliss-reactive ketones (excluding diaryl/α,β-unsaturated/α-hetero) is 1. The average molecular weight is 934 g/mol. The van der Waals surface area contributed by atoms with E-state index in [0.29, 0.717) is 46.9 Å². The quantitative estimate of drug-likeness (QED) is 0.0843. The van der Waals surface area contributed by atoms with Gasteiger partial charge < -0.3 is 30.9 Å². The van der Waals surface area contributed by atoms with Gasteiger partial charge in [0.1, 0.15) is 11.5 Å². The van der Waals surface area contributed by atoms with Crippen LogP contribution < -0.4 is 11.1 Å². The number of likely N-dealkylation sites (tertiary alicyclic amines) is 1. The number of benzene rings is 3. The summed E-state index contributed by atoms with van der Waals surface area (Å²) in [5.74, 6) is 0.0174. The summed E-state index contributed by atoms with van der Waals surface area (Å²) in [7, 11) is 1.56. The first-order valence-electron chi connectivity index (χ1n) is 23.5. The molecule has 2 aromatic heterocycles. The molecule has 5 aromatic rings. The summed E-state index contributed by atoms with van der Waals surface area (Å²) in [6.45, 7) is 15.5. The van der Waals surface area contributed by atoms with Crippen LogP contribution in [0.5, 0.6) is 11.5 Å². The lowest BCUT2D eigenvalue weighted by molar-refractivity contribution is 0.0907. The molecule has 2 amide bonds. The van der Waals surface area contributed by atoms with Gasteiger partial charge >= 0.3 is 0 Å². The van der Waals surface area contributed by atoms with Crippen molar-refractivity contribution in [3.63, 3.8) is 0 Å². The fourth-order valence-electron chi connectivity index (χ4n) is 9.67. The van der Waals surface area contributed by atoms with Gasteiger partial charge in [-0.15, -0.1) is 0 Å². The molecule has 0 bridgehead atoms. The molecule has 15 heteroatoms. The van der Waals surface area contributed by atoms with Crippen molar-refractivity contribution in [1.82, 2.24) is 25.2 Å². The molecule has 3 aromatic carbocycles. The van der Waals surface area contributed by atoms with Crippen molar-refractivity contribution >= 4 is 30.0 Å². The number of nitrogens with zero attached hydrogens (tertiary/aromatic N) is 5. The summed E-state index contributed by atoms with van der Waals surface area (Å²) in [6, 6.07) is 16.7. The maximum absolute atomic E-state index is 12.8. The van der Waals surface area contributed by atoms with E-state index in [4.69, 9.17) is 15.4 Å². The number of aromatic hydroxyl groups is 2. The minimum absolute atomic E-state index is 0.0170. The van der Waals surface area contributed by atoms with Gasteiger partial charge in [0.25, 0.3) is 5.91 Å². The fourth-order valence-corrected chi connectivity index (χ4v) is 9.67. The van der Waals surface area contributed by atoms with Crippen molar-refractivity contribution < 1.29 is 34.2 Å². The van der Waals surface area contributed by atoms with Gasteiger partial charge in [0.15, 0.2) is 17.2 Å². The number of carbonyl (C=O) groups excluding carboxylic acids is 3. The van der Waals surface area contributed by atoms with Crippen molar-refractivity contribution in [3.8, 4) is 39.6 Å². The van der Waals surface area contributed by atoms with E-state index in [0.717, 1.165) is 91.9 Å². The number of amides is 2. The fraction of sp³-hybridized carbons (Fsp3) is 0.481. The van der Waals surface area contributed by atoms with Crippen LogP contribution in [0.4, 0.5) is 0 Å². The third kappa shape index (κ3) is 12.2. The van der Waals surface area contributed by atoms with Gasteiger partial charge in [0.2, 0.25) is 5.91 Å². The van der Waals surface area contributed by atoms with Gasteiger partial charge in [0.05, 0.1) is 39.9 Å². The van der Waals surface area contributed by atoms with Crippen LogP contribution in [-0.2, 0) is 31.8 Å². The Kier molecular flexibility index (Phi) is 16.9. The van der Waals surface area contributed by atoms with E-state index < -0.39 is 5.91 Å². The number of nitrogens with two attached hydrogens (primary N) is 1. The molecule has 1 saturated carbocycles. The second-order valence-corrected chi connectivity index (χ2v) is 19.6. The number of aliphatic hydroxyl groups excluding tert-OH is 1. The summed E-state index contributed by atoms with van der Waals surface area (Å²) in [5.41, 5.74) is 14.1. The Balaban J connectivity index is 0.000000210. The van der Waals surface area contributed by atoms with Gasteiger partial charge in [-0.05, 0) is 142 Å². The highest BCUT2D eigenvalue weighted by atomic mass is 32.1. The largest absolute Gasteiger partial charge is 0.508 e. The topological polar surface area (TPSA) is 209 Å². The number of fused-ring (bicyclic) bond motifs is 1. The number of rotatable bonds is 11. The van der Waals surface area contributed by atoms with E-state index in [1.807, 2.05) is 56.6 Å². The van der Waals surface area contributed by atoms with Crippen LogP contribution in [0.3, 0.4) is 0 Å². The number of aromatic nitrogens is 3. The first-order chi connectivity index (χ1) is 31.9. The number of hydrogen-bond acceptors (Lipinski definition) is 12. The van der Waals surface area contributed by atoms with E-state index in [1.165, 1.54) is 30.9 Å². The lowest BCUT2D eigenvalue weighted by atomic mass is 9.75. The number of phenolic OH excluding ortho intramolecular Hbond substituents is 2. The van der Waals surface area contributed by atoms with Gasteiger partial charge in [-0.1, -0.05) is 63.5 Å². The molecular formula is C52H67N7O7S. The Morgan fingerprint density at radius 1 is 0.970 bits per heavy atom. The number of nitrogens with one attached hydrogen (secondary N) is 1. The summed E-state index contributed by atoms with van der Waals surface area (Å²) >= 11 is 4.02. The molecule has 358 valence electrons. The van der Waals surface area contributed by atoms with Gasteiger partial charge in [-0.3, -0.25) is 19.3 Å². The molecule has 3 heterocycles. The number of ketones is 1. The van der Waals surface area contributed by atoms with Crippen molar-refractivity contribution in [2.75, 3.05) is 26.7 Å². The SMILES string of the molecule is CCNC(=O)c1noc(-c2cc(C(C)C)c(O)cc2O)c1-c1ccc(CN2CCCCC2)cc1.CN=S.Cc1nn(-c2ccc(C(N)=O)c(CC3CCC(O)CC3)c2)c2c1C(=O)CC(C)(C)C2. The first kappa shape index (κ1) is 50.6. The van der Waals surface area contributed by atoms with Crippen LogP contribution in [0.2, 0.25) is 0 Å². The molecule has 3 aliphatic rings. The maximum Gasteiger partial charge on any atom is 0.274 e. The smallest absolute Gasteiger partial charge is 0.274 e. The normalized spacial score (nSPS) is 18.0. The third-order valence-corrected chi connectivity index (χ3v) is 13.0. The van der Waals surface area contributed by atoms with Crippen LogP contribution in [0.15, 0.2) is 63.5 Å². The van der Waals surface area contributed by atoms with Gasteiger partial charge in [-0.2, -0.15) is 5.10 Å². The van der Waals surface area contributed by atoms with E-state index in [1.54, 1.807) is 19.2 Å². The molecule has 67 heavy (non-hydrogen) atoms. The standard InChI is InChI=1S/C27H33N3O4.C24H31N3O3.CH3NS/c1-4-28-27(33)25-24(19-10-8-18(9-11-19)16-30-12-6-5-7-13-30)26(34-29-25)21-14-20(17(2)3)22(31)15-23(21)32;1-14-22-20(12-24(2,3)13-21(22)29)27(26-14)17-6-9-19(23(25)30)16(11-17)10-15-4-7-18(28)8-5-15;1-2-3/h8-11,14-15,17,31-32H,4-7,12-13,16H2,1-3H3,(H,28,33);6,9,11,15,18,28H,4-5,7-8,10,12-13H2,1-3H3,(H2,25,30);1H3. The first-order valence-corrected chi connectivity index (χ1v) is 23.9. The van der Waals surface area contributed by atoms with Crippen LogP contribution in [0.25, 0.3) is 28.1 Å². The molecule has 0 radical (unpaired) electrons. The summed E-state index contributed by atoms with van der Waals surface area (Å²) < 4.78 is 10.6. The number of aliphatic hydroxyl groups is 1. The maximum atomic E-state index is 12.8. The van der Waals surface area contributed by atoms with Crippen LogP contribution >= 0.6 is 0 Å². The third-order valence-electron chi connectivity index (χ3n) is 13.0. The Labute approximate surface area is 399 Å². The summed E-state index contributed by atoms with van der Waals surface area (Å²) in [6.07, 6.45) is 9.15. The molecule has 1 aliphatic heterocycles. The molecule has 0 unspecified atom stereocenters. The minimum atomic E-state index is -0.428. The zero-order chi connectivity index (χ0) is 48.6. The zero-order valence-electron chi connectivity index (χ0n) is 40.0. The number of hydrogen-bond donors (Lipinski definition) is 5. The molecule has 6 N–H and O–H groups in total. The molecule has 8 rings (SSSR count). The predicted molar refractivity (Wildman–Crippen MR) is 263 cm³/mol. The van der Waals surface area contributed by atoms with Crippen molar-refractivity contribution in [2.45, 2.75) is 124 Å². The Morgan fingerprint density at radius 3 is 2.27 bits per heavy atom. The van der Waals surface area contributed by atoms with Crippen LogP contribution in [-0.4, -0.2) is 85.5 Å². The molecule has 14 nitrogen and oxygen atoms in total. The van der Waals surface area contributed by atoms with Crippen molar-refractivity contribution in [3.05, 3.63) is 99.5 Å². The number of primary amides is 1. The highest BCUT2D eigenvalue weighted by molar-refractivity contribution is 7.47. The zero-order valence-corrected chi connectivity index (χ0v) is 40.8. The summed E-state index contributed by atoms with van der Waals surface area (Å²) in [5, 5.41) is 42.3. The monoisotopic (exact) mass is 933 g/mol. The van der Waals surface area contributed by atoms with Crippen molar-refractivity contribution in [2.24, 2.45) is 21.4 Å². The highest BCUT2D eigenvalue weighted by Gasteiger charge is 2.36. The predicted octanol–water partition coefficient (Wildman–Crippen LogP) is 9.15. The van der Waals surface area contributed by atoms with E-state index in [2.05, 4.69) is 58.1 Å². The van der Waals surface area contributed by atoms with E-state index >= 15 is 0 Å². The molecule has 0 spiro atoms. The second kappa shape index (κ2) is 22.4. The number of carbonyl (C=O) groups is 3. The van der Waals surface area contributed by atoms with Crippen molar-refractivity contribution in [1.29, 1.82) is 0 Å². The molecule has 2 fully saturated rings. The van der Waals surface area contributed by atoms with Crippen LogP contribution in [0, 0.1) is 18.3 Å². The lowest BCUT2D eigenvalue weighted by Crippen LogP contribution is -2.29. The van der Waals surface area contributed by atoms with Gasteiger partial charge in [-0.25, -0.2) is 9.04 Å². The minimum Gasteiger partial charge on any atom is -0.508 e. The Hall–Kier alpha value is -5.77. The van der Waals surface area contributed by atoms with E-state index in [-0.39, 0.29) is 46.3 Å². The number of aryl methyl sites for hydroxylation is 1. The Morgan fingerprint density at radius 2 is 1.64 bits per heavy atom.